The summed E-state index contributed by atoms with van der Waals surface area (Å²) < 4.78 is 0. The number of carbonyl (C=O) groups excluding carboxylic acids is 1. The van der Waals surface area contributed by atoms with Crippen LogP contribution in [0.25, 0.3) is 0 Å². The Labute approximate surface area is 117 Å². The molecule has 1 aliphatic carbocycles. The molecule has 2 fully saturated rings. The first-order valence-corrected chi connectivity index (χ1v) is 8.25. The fourth-order valence-corrected chi connectivity index (χ4v) is 3.74. The summed E-state index contributed by atoms with van der Waals surface area (Å²) in [4.78, 5) is 14.7. The van der Waals surface area contributed by atoms with E-state index in [0.29, 0.717) is 17.7 Å². The molecule has 0 aromatic carbocycles. The van der Waals surface area contributed by atoms with Crippen molar-refractivity contribution in [3.8, 4) is 0 Å². The first kappa shape index (κ1) is 14.8. The fourth-order valence-electron chi connectivity index (χ4n) is 3.74. The zero-order chi connectivity index (χ0) is 13.7. The van der Waals surface area contributed by atoms with Gasteiger partial charge in [-0.2, -0.15) is 0 Å². The molecule has 2 atom stereocenters. The van der Waals surface area contributed by atoms with Crippen LogP contribution in [-0.2, 0) is 4.79 Å². The Morgan fingerprint density at radius 1 is 1.21 bits per heavy atom. The first-order chi connectivity index (χ1) is 9.20. The van der Waals surface area contributed by atoms with E-state index in [1.54, 1.807) is 0 Å². The average molecular weight is 266 g/mol. The van der Waals surface area contributed by atoms with Crippen molar-refractivity contribution < 1.29 is 4.79 Å². The van der Waals surface area contributed by atoms with E-state index in [-0.39, 0.29) is 6.04 Å². The molecule has 2 aliphatic rings. The standard InChI is InChI=1S/C16H30N2O/c1-2-3-7-13-10-15(17)12-18(11-13)16(19)14-8-5-4-6-9-14/h13-15H,2-12,17H2,1H3. The zero-order valence-electron chi connectivity index (χ0n) is 12.4. The Kier molecular flexibility index (Phi) is 5.68. The predicted molar refractivity (Wildman–Crippen MR) is 78.8 cm³/mol. The van der Waals surface area contributed by atoms with Crippen LogP contribution >= 0.6 is 0 Å². The number of likely N-dealkylation sites (tertiary alicyclic amines) is 1. The average Bonchev–Trinajstić information content (AvgIpc) is 2.44. The molecule has 2 unspecified atom stereocenters. The van der Waals surface area contributed by atoms with Gasteiger partial charge >= 0.3 is 0 Å². The molecule has 1 amide bonds. The van der Waals surface area contributed by atoms with E-state index in [1.807, 2.05) is 0 Å². The normalized spacial score (nSPS) is 29.5. The number of piperidine rings is 1. The number of rotatable bonds is 4. The smallest absolute Gasteiger partial charge is 0.225 e. The highest BCUT2D eigenvalue weighted by molar-refractivity contribution is 5.79. The van der Waals surface area contributed by atoms with Crippen LogP contribution in [-0.4, -0.2) is 29.9 Å². The van der Waals surface area contributed by atoms with E-state index in [4.69, 9.17) is 5.73 Å². The molecule has 0 radical (unpaired) electrons. The molecule has 0 aromatic heterocycles. The lowest BCUT2D eigenvalue weighted by atomic mass is 9.85. The van der Waals surface area contributed by atoms with Crippen molar-refractivity contribution in [2.24, 2.45) is 17.6 Å². The minimum Gasteiger partial charge on any atom is -0.341 e. The number of unbranched alkanes of at least 4 members (excludes halogenated alkanes) is 1. The molecule has 1 saturated carbocycles. The zero-order valence-corrected chi connectivity index (χ0v) is 12.4. The summed E-state index contributed by atoms with van der Waals surface area (Å²) in [5, 5.41) is 0. The molecule has 0 spiro atoms. The molecule has 1 saturated heterocycles. The van der Waals surface area contributed by atoms with Crippen molar-refractivity contribution in [1.29, 1.82) is 0 Å². The van der Waals surface area contributed by atoms with Gasteiger partial charge in [-0.3, -0.25) is 4.79 Å². The van der Waals surface area contributed by atoms with Gasteiger partial charge < -0.3 is 10.6 Å². The Balaban J connectivity index is 1.88. The lowest BCUT2D eigenvalue weighted by Crippen LogP contribution is -2.51. The van der Waals surface area contributed by atoms with E-state index in [0.717, 1.165) is 32.4 Å². The molecule has 2 rings (SSSR count). The van der Waals surface area contributed by atoms with Crippen molar-refractivity contribution in [2.45, 2.75) is 70.8 Å². The third-order valence-electron chi connectivity index (χ3n) is 4.80. The lowest BCUT2D eigenvalue weighted by Gasteiger charge is -2.38. The predicted octanol–water partition coefficient (Wildman–Crippen LogP) is 2.93. The third-order valence-corrected chi connectivity index (χ3v) is 4.80. The third kappa shape index (κ3) is 4.20. The molecule has 0 aromatic rings. The molecule has 0 bridgehead atoms. The maximum atomic E-state index is 12.6. The first-order valence-electron chi connectivity index (χ1n) is 8.25. The van der Waals surface area contributed by atoms with Gasteiger partial charge in [0.25, 0.3) is 0 Å². The molecule has 19 heavy (non-hydrogen) atoms. The molecule has 1 aliphatic heterocycles. The number of nitrogens with two attached hydrogens (primary N) is 1. The van der Waals surface area contributed by atoms with Crippen LogP contribution in [0.2, 0.25) is 0 Å². The van der Waals surface area contributed by atoms with Crippen LogP contribution in [0, 0.1) is 11.8 Å². The fraction of sp³-hybridized carbons (Fsp3) is 0.938. The maximum absolute atomic E-state index is 12.6. The van der Waals surface area contributed by atoms with Crippen LogP contribution in [0.5, 0.6) is 0 Å². The van der Waals surface area contributed by atoms with Gasteiger partial charge in [0, 0.05) is 25.0 Å². The van der Waals surface area contributed by atoms with Crippen molar-refractivity contribution in [3.05, 3.63) is 0 Å². The highest BCUT2D eigenvalue weighted by atomic mass is 16.2. The van der Waals surface area contributed by atoms with Crippen molar-refractivity contribution >= 4 is 5.91 Å². The number of nitrogens with zero attached hydrogens (tertiary/aromatic N) is 1. The topological polar surface area (TPSA) is 46.3 Å². The Morgan fingerprint density at radius 3 is 2.63 bits per heavy atom. The molecule has 1 heterocycles. The van der Waals surface area contributed by atoms with E-state index in [1.165, 1.54) is 38.5 Å². The minimum atomic E-state index is 0.197. The van der Waals surface area contributed by atoms with E-state index < -0.39 is 0 Å². The van der Waals surface area contributed by atoms with Gasteiger partial charge in [-0.15, -0.1) is 0 Å². The van der Waals surface area contributed by atoms with Gasteiger partial charge in [-0.25, -0.2) is 0 Å². The molecular formula is C16H30N2O. The van der Waals surface area contributed by atoms with Gasteiger partial charge in [0.05, 0.1) is 0 Å². The summed E-state index contributed by atoms with van der Waals surface area (Å²) >= 11 is 0. The maximum Gasteiger partial charge on any atom is 0.225 e. The summed E-state index contributed by atoms with van der Waals surface area (Å²) in [5.74, 6) is 1.33. The molecule has 110 valence electrons. The largest absolute Gasteiger partial charge is 0.341 e. The van der Waals surface area contributed by atoms with Gasteiger partial charge in [-0.05, 0) is 31.6 Å². The summed E-state index contributed by atoms with van der Waals surface area (Å²) in [5.41, 5.74) is 6.16. The van der Waals surface area contributed by atoms with Crippen LogP contribution in [0.15, 0.2) is 0 Å². The van der Waals surface area contributed by atoms with Gasteiger partial charge in [0.2, 0.25) is 5.91 Å². The monoisotopic (exact) mass is 266 g/mol. The van der Waals surface area contributed by atoms with Crippen molar-refractivity contribution in [1.82, 2.24) is 4.90 Å². The number of amides is 1. The van der Waals surface area contributed by atoms with Crippen molar-refractivity contribution in [2.75, 3.05) is 13.1 Å². The molecular weight excluding hydrogens is 236 g/mol. The van der Waals surface area contributed by atoms with E-state index >= 15 is 0 Å². The Hall–Kier alpha value is -0.570. The summed E-state index contributed by atoms with van der Waals surface area (Å²) in [7, 11) is 0. The van der Waals surface area contributed by atoms with Gasteiger partial charge in [-0.1, -0.05) is 39.0 Å². The van der Waals surface area contributed by atoms with Crippen LogP contribution in [0.3, 0.4) is 0 Å². The molecule has 2 N–H and O–H groups in total. The van der Waals surface area contributed by atoms with Crippen LogP contribution < -0.4 is 5.73 Å². The Bertz CT molecular complexity index is 286. The van der Waals surface area contributed by atoms with Crippen LogP contribution in [0.4, 0.5) is 0 Å². The SMILES string of the molecule is CCCCC1CC(N)CN(C(=O)C2CCCCC2)C1. The quantitative estimate of drug-likeness (QED) is 0.850. The highest BCUT2D eigenvalue weighted by Gasteiger charge is 2.32. The second-order valence-electron chi connectivity index (χ2n) is 6.58. The van der Waals surface area contributed by atoms with E-state index in [2.05, 4.69) is 11.8 Å². The summed E-state index contributed by atoms with van der Waals surface area (Å²) in [6.45, 7) is 3.98. The second-order valence-corrected chi connectivity index (χ2v) is 6.58. The second kappa shape index (κ2) is 7.28. The molecule has 3 nitrogen and oxygen atoms in total. The highest BCUT2D eigenvalue weighted by Crippen LogP contribution is 2.28. The lowest BCUT2D eigenvalue weighted by molar-refractivity contribution is -0.138. The van der Waals surface area contributed by atoms with Gasteiger partial charge in [0.15, 0.2) is 0 Å². The van der Waals surface area contributed by atoms with Gasteiger partial charge in [0.1, 0.15) is 0 Å². The van der Waals surface area contributed by atoms with E-state index in [9.17, 15) is 4.79 Å². The summed E-state index contributed by atoms with van der Waals surface area (Å²) in [6, 6.07) is 0.197. The molecule has 3 heteroatoms. The number of hydrogen-bond donors (Lipinski definition) is 1. The number of carbonyl (C=O) groups is 1. The number of hydrogen-bond acceptors (Lipinski definition) is 2. The summed E-state index contributed by atoms with van der Waals surface area (Å²) in [6.07, 6.45) is 10.8. The minimum absolute atomic E-state index is 0.197. The van der Waals surface area contributed by atoms with Crippen LogP contribution in [0.1, 0.15) is 64.7 Å². The Morgan fingerprint density at radius 2 is 1.95 bits per heavy atom. The van der Waals surface area contributed by atoms with Crippen molar-refractivity contribution in [3.63, 3.8) is 0 Å².